The molecule has 0 saturated carbocycles. The number of halogens is 2. The molecule has 4 atom stereocenters. The van der Waals surface area contributed by atoms with Crippen molar-refractivity contribution in [3.63, 3.8) is 0 Å². The minimum absolute atomic E-state index is 0.0115. The molecule has 2 bridgehead atoms. The van der Waals surface area contributed by atoms with E-state index in [1.807, 2.05) is 6.08 Å². The van der Waals surface area contributed by atoms with E-state index >= 15 is 0 Å². The summed E-state index contributed by atoms with van der Waals surface area (Å²) in [4.78, 5) is 23.8. The number of hydrogen-bond acceptors (Lipinski definition) is 7. The van der Waals surface area contributed by atoms with E-state index < -0.39 is 17.8 Å². The number of amides is 1. The fraction of sp³-hybridized carbons (Fsp3) is 0.417. The average Bonchev–Trinajstić information content (AvgIpc) is 3.29. The molecule has 3 N–H and O–H groups in total. The van der Waals surface area contributed by atoms with Crippen LogP contribution < -0.4 is 10.1 Å². The highest BCUT2D eigenvalue weighted by atomic mass is 35.5. The number of nitrogens with one attached hydrogen (secondary N) is 2. The topological polar surface area (TPSA) is 111 Å². The molecule has 1 amide bonds. The van der Waals surface area contributed by atoms with E-state index in [1.165, 1.54) is 23.1 Å². The van der Waals surface area contributed by atoms with Gasteiger partial charge in [-0.05, 0) is 38.5 Å². The van der Waals surface area contributed by atoms with Crippen LogP contribution in [0.15, 0.2) is 30.0 Å². The van der Waals surface area contributed by atoms with E-state index in [4.69, 9.17) is 21.7 Å². The van der Waals surface area contributed by atoms with Gasteiger partial charge in [0.15, 0.2) is 0 Å². The Morgan fingerprint density at radius 2 is 2.06 bits per heavy atom. The van der Waals surface area contributed by atoms with Gasteiger partial charge in [0.1, 0.15) is 23.2 Å². The zero-order valence-electron chi connectivity index (χ0n) is 18.8. The second-order valence-electron chi connectivity index (χ2n) is 9.09. The number of carbonyl (C=O) groups is 1. The molecule has 3 aliphatic rings. The van der Waals surface area contributed by atoms with E-state index in [1.54, 1.807) is 13.8 Å². The monoisotopic (exact) mass is 485 g/mol. The van der Waals surface area contributed by atoms with Crippen molar-refractivity contribution in [3.05, 3.63) is 63.6 Å². The molecule has 2 fully saturated rings. The molecule has 0 spiro atoms. The van der Waals surface area contributed by atoms with Crippen LogP contribution in [0.2, 0.25) is 5.02 Å². The van der Waals surface area contributed by atoms with E-state index in [0.717, 1.165) is 0 Å². The van der Waals surface area contributed by atoms with Crippen LogP contribution in [0.3, 0.4) is 0 Å². The number of benzene rings is 1. The molecular weight excluding hydrogens is 461 g/mol. The molecule has 4 heterocycles. The van der Waals surface area contributed by atoms with Gasteiger partial charge in [0.25, 0.3) is 5.91 Å². The van der Waals surface area contributed by atoms with Crippen molar-refractivity contribution in [1.29, 1.82) is 5.41 Å². The van der Waals surface area contributed by atoms with Gasteiger partial charge in [0, 0.05) is 36.8 Å². The summed E-state index contributed by atoms with van der Waals surface area (Å²) < 4.78 is 20.1. The third kappa shape index (κ3) is 4.19. The first-order chi connectivity index (χ1) is 16.2. The van der Waals surface area contributed by atoms with Gasteiger partial charge in [-0.3, -0.25) is 4.79 Å². The van der Waals surface area contributed by atoms with Gasteiger partial charge in [-0.1, -0.05) is 11.6 Å². The molecule has 178 valence electrons. The van der Waals surface area contributed by atoms with Gasteiger partial charge in [0.2, 0.25) is 0 Å². The Morgan fingerprint density at radius 1 is 1.32 bits per heavy atom. The summed E-state index contributed by atoms with van der Waals surface area (Å²) in [5.41, 5.74) is 1.80. The number of rotatable bonds is 4. The van der Waals surface area contributed by atoms with Crippen LogP contribution in [0.4, 0.5) is 4.39 Å². The maximum Gasteiger partial charge on any atom is 0.258 e. The maximum absolute atomic E-state index is 14.1. The molecule has 1 aromatic carbocycles. The molecule has 5 rings (SSSR count). The summed E-state index contributed by atoms with van der Waals surface area (Å²) in [6.07, 6.45) is 2.45. The predicted molar refractivity (Wildman–Crippen MR) is 124 cm³/mol. The molecule has 0 aliphatic carbocycles. The van der Waals surface area contributed by atoms with Crippen LogP contribution in [0, 0.1) is 25.1 Å². The normalized spacial score (nSPS) is 26.1. The van der Waals surface area contributed by atoms with Crippen molar-refractivity contribution >= 4 is 23.2 Å². The smallest absolute Gasteiger partial charge is 0.258 e. The summed E-state index contributed by atoms with van der Waals surface area (Å²) in [6.45, 7) is 3.92. The Kier molecular flexibility index (Phi) is 5.87. The lowest BCUT2D eigenvalue weighted by Crippen LogP contribution is -2.37. The number of nitrogens with zero attached hydrogens (tertiary/aromatic N) is 3. The Balaban J connectivity index is 1.38. The van der Waals surface area contributed by atoms with E-state index in [0.29, 0.717) is 46.5 Å². The van der Waals surface area contributed by atoms with Crippen LogP contribution in [0.25, 0.3) is 0 Å². The van der Waals surface area contributed by atoms with Crippen molar-refractivity contribution < 1.29 is 19.0 Å². The summed E-state index contributed by atoms with van der Waals surface area (Å²) >= 11 is 6.18. The number of ether oxygens (including phenoxy) is 1. The Bertz CT molecular complexity index is 1190. The molecule has 2 aromatic rings. The number of aryl methyl sites for hydroxylation is 2. The average molecular weight is 486 g/mol. The number of aliphatic hydroxyl groups excluding tert-OH is 1. The van der Waals surface area contributed by atoms with E-state index in [9.17, 15) is 14.3 Å². The Morgan fingerprint density at radius 3 is 2.76 bits per heavy atom. The second-order valence-corrected chi connectivity index (χ2v) is 9.47. The highest BCUT2D eigenvalue weighted by Crippen LogP contribution is 2.32. The third-order valence-corrected chi connectivity index (χ3v) is 7.14. The standard InChI is InChI=1S/C24H25ClFN5O3/c1-11-22(25)12(2)29-23(28-11)17-9-31(10-18(17)27)24(33)16-4-3-13(26)5-21(16)34-15-6-14-7-20(32)19(8-15)30-14/h3-6,14,17,19-20,27,30,32H,7-10H2,1-2H3. The molecule has 10 heteroatoms. The van der Waals surface area contributed by atoms with Crippen molar-refractivity contribution in [2.24, 2.45) is 0 Å². The summed E-state index contributed by atoms with van der Waals surface area (Å²) in [7, 11) is 0. The molecule has 8 nitrogen and oxygen atoms in total. The van der Waals surface area contributed by atoms with Crippen molar-refractivity contribution in [2.75, 3.05) is 13.1 Å². The Labute approximate surface area is 201 Å². The zero-order chi connectivity index (χ0) is 24.1. The molecule has 1 aromatic heterocycles. The van der Waals surface area contributed by atoms with Crippen LogP contribution in [0.1, 0.15) is 46.3 Å². The third-order valence-electron chi connectivity index (χ3n) is 6.59. The largest absolute Gasteiger partial charge is 0.461 e. The van der Waals surface area contributed by atoms with Gasteiger partial charge in [-0.25, -0.2) is 14.4 Å². The van der Waals surface area contributed by atoms with Crippen molar-refractivity contribution in [1.82, 2.24) is 20.2 Å². The Hall–Kier alpha value is -2.88. The van der Waals surface area contributed by atoms with Crippen LogP contribution in [-0.4, -0.2) is 62.9 Å². The first-order valence-electron chi connectivity index (χ1n) is 11.2. The lowest BCUT2D eigenvalue weighted by molar-refractivity contribution is 0.0791. The summed E-state index contributed by atoms with van der Waals surface area (Å²) in [5.74, 6) is -0.135. The highest BCUT2D eigenvalue weighted by molar-refractivity contribution is 6.31. The number of hydrogen-bond donors (Lipinski definition) is 3. The van der Waals surface area contributed by atoms with Crippen LogP contribution in [-0.2, 0) is 0 Å². The SMILES string of the molecule is Cc1nc(C2CN(C(=O)c3ccc(F)cc3OC3=CC4CC(O)C(C3)N4)CC2=N)nc(C)c1Cl. The molecule has 0 radical (unpaired) electrons. The molecule has 2 saturated heterocycles. The second kappa shape index (κ2) is 8.72. The van der Waals surface area contributed by atoms with E-state index in [2.05, 4.69) is 15.3 Å². The number of aromatic nitrogens is 2. The summed E-state index contributed by atoms with van der Waals surface area (Å²) in [5, 5.41) is 22.3. The fourth-order valence-corrected chi connectivity index (χ4v) is 4.92. The minimum Gasteiger partial charge on any atom is -0.461 e. The molecule has 34 heavy (non-hydrogen) atoms. The lowest BCUT2D eigenvalue weighted by atomic mass is 10.1. The predicted octanol–water partition coefficient (Wildman–Crippen LogP) is 2.90. The van der Waals surface area contributed by atoms with Gasteiger partial charge < -0.3 is 25.5 Å². The van der Waals surface area contributed by atoms with Crippen LogP contribution in [0.5, 0.6) is 5.75 Å². The lowest BCUT2D eigenvalue weighted by Gasteiger charge is -2.24. The van der Waals surface area contributed by atoms with Gasteiger partial charge in [0.05, 0.1) is 40.5 Å². The molecule has 4 unspecified atom stereocenters. The van der Waals surface area contributed by atoms with Crippen LogP contribution >= 0.6 is 11.6 Å². The first-order valence-corrected chi connectivity index (χ1v) is 11.6. The minimum atomic E-state index is -0.517. The van der Waals surface area contributed by atoms with Gasteiger partial charge >= 0.3 is 0 Å². The zero-order valence-corrected chi connectivity index (χ0v) is 19.6. The quantitative estimate of drug-likeness (QED) is 0.614. The maximum atomic E-state index is 14.1. The fourth-order valence-electron chi connectivity index (χ4n) is 4.83. The molecular formula is C24H25ClFN5O3. The van der Waals surface area contributed by atoms with Gasteiger partial charge in [-0.2, -0.15) is 0 Å². The van der Waals surface area contributed by atoms with E-state index in [-0.39, 0.29) is 42.4 Å². The summed E-state index contributed by atoms with van der Waals surface area (Å²) in [6, 6.07) is 3.69. The molecule has 3 aliphatic heterocycles. The number of carbonyl (C=O) groups excluding carboxylic acids is 1. The highest BCUT2D eigenvalue weighted by Gasteiger charge is 2.38. The van der Waals surface area contributed by atoms with Crippen molar-refractivity contribution in [3.8, 4) is 5.75 Å². The number of aliphatic hydroxyl groups is 1. The van der Waals surface area contributed by atoms with Gasteiger partial charge in [-0.15, -0.1) is 0 Å². The number of likely N-dealkylation sites (tertiary alicyclic amines) is 1. The first kappa shape index (κ1) is 22.9. The number of fused-ring (bicyclic) bond motifs is 2. The van der Waals surface area contributed by atoms with Crippen molar-refractivity contribution in [2.45, 2.75) is 50.8 Å².